The van der Waals surface area contributed by atoms with E-state index in [1.807, 2.05) is 36.4 Å². The van der Waals surface area contributed by atoms with Gasteiger partial charge in [0.15, 0.2) is 12.2 Å². The number of aliphatic hydroxyl groups excluding tert-OH is 2. The smallest absolute Gasteiger partial charge is 0.255 e. The van der Waals surface area contributed by atoms with Gasteiger partial charge in [0, 0.05) is 42.2 Å². The molecule has 2 aliphatic rings. The van der Waals surface area contributed by atoms with E-state index in [2.05, 4.69) is 16.4 Å². The SMILES string of the molecule is O=C(NCC1CC=C(Cc2ccccc2Cl)S1)[C@H](O)[C@@H](O)C(=O)N1CCCC1c1ccncc1. The predicted molar refractivity (Wildman–Crippen MR) is 132 cm³/mol. The molecule has 3 N–H and O–H groups in total. The van der Waals surface area contributed by atoms with Crippen LogP contribution in [0.1, 0.15) is 36.4 Å². The number of aliphatic hydroxyl groups is 2. The van der Waals surface area contributed by atoms with E-state index in [-0.39, 0.29) is 11.3 Å². The van der Waals surface area contributed by atoms with Crippen LogP contribution in [0, 0.1) is 0 Å². The molecule has 34 heavy (non-hydrogen) atoms. The lowest BCUT2D eigenvalue weighted by Crippen LogP contribution is -2.51. The number of nitrogens with one attached hydrogen (secondary N) is 1. The van der Waals surface area contributed by atoms with Gasteiger partial charge in [-0.05, 0) is 53.5 Å². The quantitative estimate of drug-likeness (QED) is 0.514. The van der Waals surface area contributed by atoms with E-state index in [1.54, 1.807) is 24.2 Å². The Labute approximate surface area is 208 Å². The van der Waals surface area contributed by atoms with Crippen LogP contribution in [-0.2, 0) is 16.0 Å². The van der Waals surface area contributed by atoms with Crippen molar-refractivity contribution in [2.75, 3.05) is 13.1 Å². The Bertz CT molecular complexity index is 1050. The van der Waals surface area contributed by atoms with Gasteiger partial charge in [0.25, 0.3) is 11.8 Å². The summed E-state index contributed by atoms with van der Waals surface area (Å²) in [6.45, 7) is 0.795. The van der Waals surface area contributed by atoms with E-state index in [9.17, 15) is 19.8 Å². The minimum Gasteiger partial charge on any atom is -0.380 e. The number of carbonyl (C=O) groups excluding carboxylic acids is 2. The zero-order chi connectivity index (χ0) is 24.1. The topological polar surface area (TPSA) is 103 Å². The number of likely N-dealkylation sites (tertiary alicyclic amines) is 1. The van der Waals surface area contributed by atoms with Gasteiger partial charge in [-0.25, -0.2) is 0 Å². The highest BCUT2D eigenvalue weighted by Gasteiger charge is 2.38. The van der Waals surface area contributed by atoms with Crippen LogP contribution in [-0.4, -0.2) is 62.5 Å². The lowest BCUT2D eigenvalue weighted by Gasteiger charge is -2.28. The van der Waals surface area contributed by atoms with Crippen LogP contribution < -0.4 is 5.32 Å². The van der Waals surface area contributed by atoms with Gasteiger partial charge in [0.2, 0.25) is 0 Å². The number of carbonyl (C=O) groups is 2. The predicted octanol–water partition coefficient (Wildman–Crippen LogP) is 2.87. The van der Waals surface area contributed by atoms with E-state index in [4.69, 9.17) is 11.6 Å². The zero-order valence-electron chi connectivity index (χ0n) is 18.6. The summed E-state index contributed by atoms with van der Waals surface area (Å²) in [5, 5.41) is 24.4. The lowest BCUT2D eigenvalue weighted by atomic mass is 10.0. The van der Waals surface area contributed by atoms with Crippen molar-refractivity contribution in [2.45, 2.75) is 49.2 Å². The number of halogens is 1. The van der Waals surface area contributed by atoms with Crippen LogP contribution >= 0.6 is 23.4 Å². The van der Waals surface area contributed by atoms with Crippen LogP contribution in [0.5, 0.6) is 0 Å². The van der Waals surface area contributed by atoms with E-state index in [1.165, 1.54) is 9.81 Å². The molecule has 0 aliphatic carbocycles. The molecule has 2 aromatic rings. The van der Waals surface area contributed by atoms with Crippen molar-refractivity contribution >= 4 is 35.2 Å². The van der Waals surface area contributed by atoms with Crippen molar-refractivity contribution in [3.05, 3.63) is 75.9 Å². The maximum absolute atomic E-state index is 12.9. The van der Waals surface area contributed by atoms with E-state index >= 15 is 0 Å². The molecule has 4 atom stereocenters. The number of nitrogens with zero attached hydrogens (tertiary/aromatic N) is 2. The third kappa shape index (κ3) is 5.81. The molecular weight excluding hydrogens is 474 g/mol. The highest BCUT2D eigenvalue weighted by atomic mass is 35.5. The van der Waals surface area contributed by atoms with Gasteiger partial charge < -0.3 is 20.4 Å². The summed E-state index contributed by atoms with van der Waals surface area (Å²) in [5.41, 5.74) is 1.97. The van der Waals surface area contributed by atoms with Crippen molar-refractivity contribution < 1.29 is 19.8 Å². The fraction of sp³-hybridized carbons (Fsp3) is 0.400. The molecule has 1 aromatic heterocycles. The van der Waals surface area contributed by atoms with Gasteiger partial charge in [-0.3, -0.25) is 14.6 Å². The molecule has 1 fully saturated rings. The van der Waals surface area contributed by atoms with Gasteiger partial charge in [0.05, 0.1) is 6.04 Å². The van der Waals surface area contributed by atoms with Gasteiger partial charge in [-0.15, -0.1) is 11.8 Å². The molecule has 0 saturated carbocycles. The van der Waals surface area contributed by atoms with Crippen molar-refractivity contribution in [3.8, 4) is 0 Å². The third-order valence-corrected chi connectivity index (χ3v) is 7.88. The molecule has 7 nitrogen and oxygen atoms in total. The first kappa shape index (κ1) is 24.7. The molecule has 1 aromatic carbocycles. The molecule has 0 bridgehead atoms. The fourth-order valence-corrected chi connectivity index (χ4v) is 5.79. The number of benzene rings is 1. The number of allylic oxidation sites excluding steroid dienone is 2. The number of aromatic nitrogens is 1. The number of rotatable bonds is 8. The molecule has 0 radical (unpaired) electrons. The Morgan fingerprint density at radius 3 is 2.71 bits per heavy atom. The summed E-state index contributed by atoms with van der Waals surface area (Å²) in [5.74, 6) is -1.39. The number of hydrogen-bond acceptors (Lipinski definition) is 6. The monoisotopic (exact) mass is 501 g/mol. The normalized spacial score (nSPS) is 21.7. The lowest BCUT2D eigenvalue weighted by molar-refractivity contribution is -0.153. The molecule has 2 amide bonds. The third-order valence-electron chi connectivity index (χ3n) is 6.20. The maximum Gasteiger partial charge on any atom is 0.255 e. The second kappa shape index (κ2) is 11.4. The van der Waals surface area contributed by atoms with Gasteiger partial charge >= 0.3 is 0 Å². The molecule has 0 spiro atoms. The van der Waals surface area contributed by atoms with Crippen molar-refractivity contribution in [2.24, 2.45) is 0 Å². The van der Waals surface area contributed by atoms with Crippen LogP contribution in [0.3, 0.4) is 0 Å². The van der Waals surface area contributed by atoms with E-state index in [0.29, 0.717) is 13.1 Å². The fourth-order valence-electron chi connectivity index (χ4n) is 4.37. The van der Waals surface area contributed by atoms with Crippen molar-refractivity contribution in [1.29, 1.82) is 0 Å². The zero-order valence-corrected chi connectivity index (χ0v) is 20.2. The molecule has 1 saturated heterocycles. The van der Waals surface area contributed by atoms with E-state index < -0.39 is 24.0 Å². The first-order valence-corrected chi connectivity index (χ1v) is 12.6. The molecule has 2 unspecified atom stereocenters. The number of amides is 2. The summed E-state index contributed by atoms with van der Waals surface area (Å²) in [7, 11) is 0. The van der Waals surface area contributed by atoms with Crippen molar-refractivity contribution in [1.82, 2.24) is 15.2 Å². The maximum atomic E-state index is 12.9. The molecule has 180 valence electrons. The summed E-state index contributed by atoms with van der Waals surface area (Å²) < 4.78 is 0. The minimum atomic E-state index is -1.83. The molecule has 4 rings (SSSR count). The van der Waals surface area contributed by atoms with Gasteiger partial charge in [0.1, 0.15) is 0 Å². The number of hydrogen-bond donors (Lipinski definition) is 3. The number of thioether (sulfide) groups is 1. The molecular formula is C25H28ClN3O4S. The standard InChI is InChI=1S/C25H28ClN3O4S/c26-20-5-2-1-4-17(20)14-18-7-8-19(34-18)15-28-24(32)22(30)23(31)25(33)29-13-3-6-21(29)16-9-11-27-12-10-16/h1-2,4-5,7,9-12,19,21-23,30-31H,3,6,8,13-15H2,(H,28,32)/t19?,21?,22-,23-/m1/s1. The van der Waals surface area contributed by atoms with E-state index in [0.717, 1.165) is 41.8 Å². The summed E-state index contributed by atoms with van der Waals surface area (Å²) in [6, 6.07) is 11.2. The first-order valence-electron chi connectivity index (χ1n) is 11.4. The summed E-state index contributed by atoms with van der Waals surface area (Å²) in [4.78, 5) is 32.1. The minimum absolute atomic E-state index is 0.121. The molecule has 9 heteroatoms. The average molecular weight is 502 g/mol. The Morgan fingerprint density at radius 1 is 1.18 bits per heavy atom. The van der Waals surface area contributed by atoms with Crippen molar-refractivity contribution in [3.63, 3.8) is 0 Å². The first-order chi connectivity index (χ1) is 16.4. The Kier molecular flexibility index (Phi) is 8.26. The largest absolute Gasteiger partial charge is 0.380 e. The van der Waals surface area contributed by atoms with Gasteiger partial charge in [-0.2, -0.15) is 0 Å². The molecule has 2 aliphatic heterocycles. The van der Waals surface area contributed by atoms with Crippen LogP contribution in [0.25, 0.3) is 0 Å². The second-order valence-electron chi connectivity index (χ2n) is 8.52. The van der Waals surface area contributed by atoms with Crippen LogP contribution in [0.2, 0.25) is 5.02 Å². The van der Waals surface area contributed by atoms with Gasteiger partial charge in [-0.1, -0.05) is 35.9 Å². The van der Waals surface area contributed by atoms with Crippen LogP contribution in [0.15, 0.2) is 59.8 Å². The Hall–Kier alpha value is -2.39. The van der Waals surface area contributed by atoms with Crippen LogP contribution in [0.4, 0.5) is 0 Å². The average Bonchev–Trinajstić information content (AvgIpc) is 3.53. The highest BCUT2D eigenvalue weighted by Crippen LogP contribution is 2.35. The Balaban J connectivity index is 1.26. The number of pyridine rings is 1. The molecule has 3 heterocycles. The summed E-state index contributed by atoms with van der Waals surface area (Å²) >= 11 is 7.91. The second-order valence-corrected chi connectivity index (χ2v) is 10.4. The highest BCUT2D eigenvalue weighted by molar-refractivity contribution is 8.03. The summed E-state index contributed by atoms with van der Waals surface area (Å²) in [6.07, 6.45) is 4.87. The Morgan fingerprint density at radius 2 is 1.94 bits per heavy atom.